The quantitative estimate of drug-likeness (QED) is 0.243. The van der Waals surface area contributed by atoms with Crippen LogP contribution in [0.15, 0.2) is 71.5 Å². The zero-order valence-corrected chi connectivity index (χ0v) is 21.5. The lowest BCUT2D eigenvalue weighted by atomic mass is 10.1. The van der Waals surface area contributed by atoms with Crippen molar-refractivity contribution < 1.29 is 4.39 Å². The fraction of sp³-hybridized carbons (Fsp3) is 0.250. The van der Waals surface area contributed by atoms with E-state index < -0.39 is 0 Å². The van der Waals surface area contributed by atoms with Crippen LogP contribution in [0.25, 0.3) is 33.5 Å². The molecule has 0 unspecified atom stereocenters. The summed E-state index contributed by atoms with van der Waals surface area (Å²) in [4.78, 5) is 14.3. The molecule has 8 heteroatoms. The lowest BCUT2D eigenvalue weighted by molar-refractivity contribution is 0.459. The predicted octanol–water partition coefficient (Wildman–Crippen LogP) is 6.87. The number of imidazole rings is 1. The molecule has 0 amide bonds. The molecule has 0 radical (unpaired) electrons. The molecule has 3 aromatic heterocycles. The number of nitrogens with zero attached hydrogens (tertiary/aromatic N) is 5. The van der Waals surface area contributed by atoms with Crippen molar-refractivity contribution >= 4 is 32.8 Å². The van der Waals surface area contributed by atoms with Crippen LogP contribution >= 0.6 is 15.9 Å². The van der Waals surface area contributed by atoms with Crippen LogP contribution in [0.2, 0.25) is 0 Å². The summed E-state index contributed by atoms with van der Waals surface area (Å²) in [6, 6.07) is 17.3. The van der Waals surface area contributed by atoms with E-state index in [0.29, 0.717) is 5.95 Å². The third kappa shape index (κ3) is 4.19. The minimum atomic E-state index is -0.260. The van der Waals surface area contributed by atoms with Gasteiger partial charge in [-0.25, -0.2) is 19.3 Å². The summed E-state index contributed by atoms with van der Waals surface area (Å²) < 4.78 is 19.5. The highest BCUT2D eigenvalue weighted by Gasteiger charge is 2.31. The largest absolute Gasteiger partial charge is 0.354 e. The van der Waals surface area contributed by atoms with E-state index in [4.69, 9.17) is 9.97 Å². The number of fused-ring (bicyclic) bond motifs is 2. The normalized spacial score (nSPS) is 14.9. The fourth-order valence-corrected chi connectivity index (χ4v) is 5.45. The highest BCUT2D eigenvalue weighted by Crippen LogP contribution is 2.40. The zero-order chi connectivity index (χ0) is 24.6. The van der Waals surface area contributed by atoms with Crippen molar-refractivity contribution in [3.05, 3.63) is 83.1 Å². The van der Waals surface area contributed by atoms with Crippen LogP contribution in [0.5, 0.6) is 0 Å². The molecule has 0 saturated heterocycles. The average molecular weight is 545 g/mol. The van der Waals surface area contributed by atoms with Crippen molar-refractivity contribution in [2.45, 2.75) is 38.8 Å². The van der Waals surface area contributed by atoms with Gasteiger partial charge in [0.05, 0.1) is 23.1 Å². The van der Waals surface area contributed by atoms with Gasteiger partial charge in [-0.2, -0.15) is 0 Å². The number of aromatic nitrogens is 5. The monoisotopic (exact) mass is 544 g/mol. The zero-order valence-electron chi connectivity index (χ0n) is 20.0. The number of nitrogens with one attached hydrogen (secondary N) is 1. The van der Waals surface area contributed by atoms with Gasteiger partial charge in [-0.1, -0.05) is 22.9 Å². The van der Waals surface area contributed by atoms with Crippen LogP contribution in [0, 0.1) is 5.82 Å². The van der Waals surface area contributed by atoms with Gasteiger partial charge in [-0.15, -0.1) is 0 Å². The van der Waals surface area contributed by atoms with Gasteiger partial charge >= 0.3 is 0 Å². The molecular weight excluding hydrogens is 519 g/mol. The first-order chi connectivity index (χ1) is 17.6. The van der Waals surface area contributed by atoms with Gasteiger partial charge in [0.1, 0.15) is 11.6 Å². The first-order valence-corrected chi connectivity index (χ1v) is 13.1. The third-order valence-corrected chi connectivity index (χ3v) is 7.23. The maximum absolute atomic E-state index is 13.7. The first kappa shape index (κ1) is 22.9. The van der Waals surface area contributed by atoms with Crippen molar-refractivity contribution in [1.29, 1.82) is 0 Å². The SMILES string of the molecule is CCCNc1nccc(-c2c(-c3ccc(F)cc3)nc3n2[C@H](Cn2ccc4cc(Br)ccc42)CC3)n1. The highest BCUT2D eigenvalue weighted by molar-refractivity contribution is 9.10. The van der Waals surface area contributed by atoms with Gasteiger partial charge in [-0.05, 0) is 67.4 Å². The van der Waals surface area contributed by atoms with Crippen molar-refractivity contribution in [2.24, 2.45) is 0 Å². The average Bonchev–Trinajstić information content (AvgIpc) is 3.58. The summed E-state index contributed by atoms with van der Waals surface area (Å²) in [5.41, 5.74) is 4.69. The van der Waals surface area contributed by atoms with Gasteiger partial charge < -0.3 is 14.5 Å². The molecule has 0 spiro atoms. The smallest absolute Gasteiger partial charge is 0.223 e. The fourth-order valence-electron chi connectivity index (χ4n) is 5.07. The van der Waals surface area contributed by atoms with Crippen molar-refractivity contribution in [3.63, 3.8) is 0 Å². The number of halogens is 2. The van der Waals surface area contributed by atoms with E-state index in [2.05, 4.69) is 72.8 Å². The molecule has 4 heterocycles. The summed E-state index contributed by atoms with van der Waals surface area (Å²) >= 11 is 3.58. The van der Waals surface area contributed by atoms with E-state index in [1.165, 1.54) is 23.0 Å². The molecule has 1 atom stereocenters. The minimum absolute atomic E-state index is 0.220. The van der Waals surface area contributed by atoms with E-state index in [9.17, 15) is 4.39 Å². The summed E-state index contributed by atoms with van der Waals surface area (Å²) in [5.74, 6) is 1.38. The summed E-state index contributed by atoms with van der Waals surface area (Å²) in [5, 5.41) is 4.50. The number of aryl methyl sites for hydroxylation is 1. The highest BCUT2D eigenvalue weighted by atomic mass is 79.9. The van der Waals surface area contributed by atoms with Crippen molar-refractivity contribution in [2.75, 3.05) is 11.9 Å². The molecule has 5 aromatic rings. The maximum atomic E-state index is 13.7. The van der Waals surface area contributed by atoms with E-state index in [-0.39, 0.29) is 11.9 Å². The van der Waals surface area contributed by atoms with Gasteiger partial charge in [0.15, 0.2) is 0 Å². The van der Waals surface area contributed by atoms with Crippen LogP contribution < -0.4 is 5.32 Å². The first-order valence-electron chi connectivity index (χ1n) is 12.3. The molecule has 1 N–H and O–H groups in total. The molecule has 36 heavy (non-hydrogen) atoms. The third-order valence-electron chi connectivity index (χ3n) is 6.74. The predicted molar refractivity (Wildman–Crippen MR) is 144 cm³/mol. The van der Waals surface area contributed by atoms with Gasteiger partial charge in [0.2, 0.25) is 5.95 Å². The molecule has 0 aliphatic carbocycles. The Morgan fingerprint density at radius 3 is 2.78 bits per heavy atom. The second-order valence-electron chi connectivity index (χ2n) is 9.16. The van der Waals surface area contributed by atoms with E-state index >= 15 is 0 Å². The molecule has 0 fully saturated rings. The summed E-state index contributed by atoms with van der Waals surface area (Å²) in [6.45, 7) is 3.75. The second-order valence-corrected chi connectivity index (χ2v) is 10.1. The Kier molecular flexibility index (Phi) is 6.05. The topological polar surface area (TPSA) is 60.6 Å². The standard InChI is InChI=1S/C28H26BrFN6/c1-2-13-31-28-32-14-11-23(33-28)27-26(18-3-6-21(30)7-4-18)34-25-10-8-22(36(25)27)17-35-15-12-19-16-20(29)5-9-24(19)35/h3-7,9,11-12,14-16,22H,2,8,10,13,17H2,1H3,(H,31,32,33)/t22-/m0/s1. The number of anilines is 1. The Labute approximate surface area is 217 Å². The second kappa shape index (κ2) is 9.50. The molecule has 0 bridgehead atoms. The Morgan fingerprint density at radius 2 is 1.94 bits per heavy atom. The molecule has 182 valence electrons. The van der Waals surface area contributed by atoms with Gasteiger partial charge in [0, 0.05) is 52.8 Å². The van der Waals surface area contributed by atoms with Crippen LogP contribution in [-0.4, -0.2) is 30.6 Å². The van der Waals surface area contributed by atoms with Crippen LogP contribution in [0.3, 0.4) is 0 Å². The Balaban J connectivity index is 1.46. The molecular formula is C28H26BrFN6. The lowest BCUT2D eigenvalue weighted by Gasteiger charge is -2.19. The summed E-state index contributed by atoms with van der Waals surface area (Å²) in [7, 11) is 0. The number of benzene rings is 2. The Morgan fingerprint density at radius 1 is 1.08 bits per heavy atom. The number of hydrogen-bond acceptors (Lipinski definition) is 4. The van der Waals surface area contributed by atoms with Crippen molar-refractivity contribution in [3.8, 4) is 22.6 Å². The minimum Gasteiger partial charge on any atom is -0.354 e. The number of rotatable bonds is 7. The molecule has 1 aliphatic rings. The molecule has 2 aromatic carbocycles. The molecule has 6 rings (SSSR count). The molecule has 6 nitrogen and oxygen atoms in total. The summed E-state index contributed by atoms with van der Waals surface area (Å²) in [6.07, 6.45) is 6.82. The van der Waals surface area contributed by atoms with E-state index in [0.717, 1.165) is 65.3 Å². The Hall–Kier alpha value is -3.52. The number of hydrogen-bond donors (Lipinski definition) is 1. The van der Waals surface area contributed by atoms with Crippen LogP contribution in [0.4, 0.5) is 10.3 Å². The van der Waals surface area contributed by atoms with Gasteiger partial charge in [0.25, 0.3) is 0 Å². The maximum Gasteiger partial charge on any atom is 0.223 e. The van der Waals surface area contributed by atoms with E-state index in [1.54, 1.807) is 18.3 Å². The van der Waals surface area contributed by atoms with Crippen LogP contribution in [-0.2, 0) is 13.0 Å². The lowest BCUT2D eigenvalue weighted by Crippen LogP contribution is -2.14. The Bertz CT molecular complexity index is 1540. The molecule has 1 aliphatic heterocycles. The van der Waals surface area contributed by atoms with Crippen LogP contribution in [0.1, 0.15) is 31.6 Å². The van der Waals surface area contributed by atoms with Gasteiger partial charge in [-0.3, -0.25) is 0 Å². The van der Waals surface area contributed by atoms with Crippen molar-refractivity contribution in [1.82, 2.24) is 24.1 Å². The molecule has 0 saturated carbocycles. The van der Waals surface area contributed by atoms with E-state index in [1.807, 2.05) is 6.07 Å².